The van der Waals surface area contributed by atoms with Crippen molar-refractivity contribution in [2.45, 2.75) is 0 Å². The minimum Gasteiger partial charge on any atom is -0.872 e. The van der Waals surface area contributed by atoms with Crippen molar-refractivity contribution in [2.24, 2.45) is 10.2 Å². The first kappa shape index (κ1) is 14.4. The fourth-order valence-corrected chi connectivity index (χ4v) is 1.23. The second kappa shape index (κ2) is 6.92. The summed E-state index contributed by atoms with van der Waals surface area (Å²) < 4.78 is 0. The number of azo groups is 1. The van der Waals surface area contributed by atoms with Gasteiger partial charge in [0.05, 0.1) is 23.0 Å². The molecule has 82 valence electrons. The van der Waals surface area contributed by atoms with E-state index in [0.717, 1.165) is 0 Å². The third-order valence-electron chi connectivity index (χ3n) is 2.11. The van der Waals surface area contributed by atoms with Gasteiger partial charge in [-0.15, -0.1) is 5.75 Å². The molecule has 0 N–H and O–H groups in total. The van der Waals surface area contributed by atoms with Crippen molar-refractivity contribution in [3.8, 4) is 11.8 Å². The summed E-state index contributed by atoms with van der Waals surface area (Å²) in [6.45, 7) is 0. The van der Waals surface area contributed by atoms with Gasteiger partial charge in [-0.05, 0) is 36.4 Å². The van der Waals surface area contributed by atoms with Crippen LogP contribution in [-0.2, 0) is 0 Å². The van der Waals surface area contributed by atoms with Crippen molar-refractivity contribution >= 4 is 11.4 Å². The summed E-state index contributed by atoms with van der Waals surface area (Å²) in [7, 11) is 0. The summed E-state index contributed by atoms with van der Waals surface area (Å²) in [5.74, 6) is -0.0534. The molecule has 0 aliphatic carbocycles. The zero-order valence-corrected chi connectivity index (χ0v) is 11.9. The Labute approximate surface area is 127 Å². The maximum atomic E-state index is 10.9. The third-order valence-corrected chi connectivity index (χ3v) is 2.11. The van der Waals surface area contributed by atoms with Crippen LogP contribution < -0.4 is 34.7 Å². The van der Waals surface area contributed by atoms with E-state index < -0.39 is 0 Å². The second-order valence-corrected chi connectivity index (χ2v) is 3.35. The molecule has 0 aromatic heterocycles. The quantitative estimate of drug-likeness (QED) is 0.554. The number of nitriles is 1. The molecule has 0 heterocycles. The van der Waals surface area contributed by atoms with Crippen LogP contribution in [-0.4, -0.2) is 0 Å². The van der Waals surface area contributed by atoms with E-state index in [1.54, 1.807) is 36.4 Å². The zero-order valence-electron chi connectivity index (χ0n) is 9.87. The Morgan fingerprint density at radius 3 is 1.72 bits per heavy atom. The summed E-state index contributed by atoms with van der Waals surface area (Å²) in [4.78, 5) is 0. The van der Waals surface area contributed by atoms with Crippen molar-refractivity contribution in [3.05, 3.63) is 54.1 Å². The first-order chi connectivity index (χ1) is 8.28. The SMILES string of the molecule is N#Cc1ccc(N=Nc2ccc([O-])cc2)cc1.[Na+]. The van der Waals surface area contributed by atoms with Gasteiger partial charge < -0.3 is 5.11 Å². The number of hydrogen-bond acceptors (Lipinski definition) is 4. The molecule has 0 saturated carbocycles. The predicted octanol–water partition coefficient (Wildman–Crippen LogP) is 0.0513. The van der Waals surface area contributed by atoms with Crippen LogP contribution in [0.4, 0.5) is 11.4 Å². The standard InChI is InChI=1S/C13H9N3O.Na/c14-9-10-1-3-11(4-2-10)15-16-12-5-7-13(17)8-6-12;/h1-8,17H;/q;+1/p-1. The number of nitrogens with zero attached hydrogens (tertiary/aromatic N) is 3. The van der Waals surface area contributed by atoms with Gasteiger partial charge in [0.2, 0.25) is 0 Å². The molecule has 18 heavy (non-hydrogen) atoms. The number of rotatable bonds is 2. The van der Waals surface area contributed by atoms with Crippen molar-refractivity contribution in [3.63, 3.8) is 0 Å². The average molecular weight is 245 g/mol. The molecule has 0 spiro atoms. The zero-order chi connectivity index (χ0) is 12.1. The van der Waals surface area contributed by atoms with E-state index >= 15 is 0 Å². The van der Waals surface area contributed by atoms with Crippen molar-refractivity contribution in [1.82, 2.24) is 0 Å². The predicted molar refractivity (Wildman–Crippen MR) is 61.2 cm³/mol. The first-order valence-electron chi connectivity index (χ1n) is 4.97. The molecular formula is C13H8N3NaO. The average Bonchev–Trinajstić information content (AvgIpc) is 2.39. The molecule has 2 aromatic rings. The van der Waals surface area contributed by atoms with Crippen LogP contribution in [0.5, 0.6) is 5.75 Å². The molecule has 4 nitrogen and oxygen atoms in total. The van der Waals surface area contributed by atoms with Crippen LogP contribution in [0.2, 0.25) is 0 Å². The van der Waals surface area contributed by atoms with Crippen LogP contribution in [0.25, 0.3) is 0 Å². The van der Waals surface area contributed by atoms with Crippen molar-refractivity contribution in [2.75, 3.05) is 0 Å². The number of hydrogen-bond donors (Lipinski definition) is 0. The largest absolute Gasteiger partial charge is 1.00 e. The first-order valence-corrected chi connectivity index (χ1v) is 4.97. The molecule has 0 atom stereocenters. The Bertz CT molecular complexity index is 571. The van der Waals surface area contributed by atoms with Crippen LogP contribution >= 0.6 is 0 Å². The third kappa shape index (κ3) is 3.97. The Balaban J connectivity index is 0.00000162. The maximum Gasteiger partial charge on any atom is 1.00 e. The van der Waals surface area contributed by atoms with Crippen LogP contribution in [0.15, 0.2) is 58.8 Å². The second-order valence-electron chi connectivity index (χ2n) is 3.35. The van der Waals surface area contributed by atoms with Gasteiger partial charge in [-0.2, -0.15) is 15.5 Å². The van der Waals surface area contributed by atoms with Gasteiger partial charge in [0.1, 0.15) is 0 Å². The summed E-state index contributed by atoms with van der Waals surface area (Å²) >= 11 is 0. The van der Waals surface area contributed by atoms with E-state index in [1.165, 1.54) is 12.1 Å². The molecule has 0 saturated heterocycles. The summed E-state index contributed by atoms with van der Waals surface area (Å²) in [6.07, 6.45) is 0. The molecule has 0 aliphatic rings. The fourth-order valence-electron chi connectivity index (χ4n) is 1.23. The maximum absolute atomic E-state index is 10.9. The Morgan fingerprint density at radius 2 is 1.28 bits per heavy atom. The Kier molecular flexibility index (Phi) is 5.53. The normalized spacial score (nSPS) is 9.72. The van der Waals surface area contributed by atoms with Crippen LogP contribution in [0.1, 0.15) is 5.56 Å². The smallest absolute Gasteiger partial charge is 0.872 e. The van der Waals surface area contributed by atoms with Gasteiger partial charge in [0.25, 0.3) is 0 Å². The molecule has 5 heteroatoms. The van der Waals surface area contributed by atoms with E-state index in [4.69, 9.17) is 5.26 Å². The number of benzene rings is 2. The fraction of sp³-hybridized carbons (Fsp3) is 0. The van der Waals surface area contributed by atoms with Crippen LogP contribution in [0.3, 0.4) is 0 Å². The van der Waals surface area contributed by atoms with E-state index in [-0.39, 0.29) is 35.3 Å². The molecule has 0 bridgehead atoms. The summed E-state index contributed by atoms with van der Waals surface area (Å²) in [5.41, 5.74) is 1.86. The molecule has 0 unspecified atom stereocenters. The van der Waals surface area contributed by atoms with Gasteiger partial charge in [-0.25, -0.2) is 0 Å². The molecule has 2 rings (SSSR count). The van der Waals surface area contributed by atoms with Crippen molar-refractivity contribution < 1.29 is 34.7 Å². The Morgan fingerprint density at radius 1 is 0.833 bits per heavy atom. The molecule has 0 amide bonds. The van der Waals surface area contributed by atoms with Gasteiger partial charge in [0, 0.05) is 0 Å². The van der Waals surface area contributed by atoms with Crippen molar-refractivity contribution in [1.29, 1.82) is 5.26 Å². The Hall–Kier alpha value is -1.67. The minimum absolute atomic E-state index is 0. The monoisotopic (exact) mass is 245 g/mol. The van der Waals surface area contributed by atoms with Gasteiger partial charge in [0.15, 0.2) is 0 Å². The molecular weight excluding hydrogens is 237 g/mol. The van der Waals surface area contributed by atoms with Gasteiger partial charge >= 0.3 is 29.6 Å². The van der Waals surface area contributed by atoms with E-state index in [1.807, 2.05) is 6.07 Å². The topological polar surface area (TPSA) is 71.6 Å². The van der Waals surface area contributed by atoms with E-state index in [0.29, 0.717) is 16.9 Å². The molecule has 0 fully saturated rings. The summed E-state index contributed by atoms with van der Waals surface area (Å²) in [5, 5.41) is 27.5. The molecule has 0 aliphatic heterocycles. The molecule has 2 aromatic carbocycles. The van der Waals surface area contributed by atoms with Crippen LogP contribution in [0, 0.1) is 11.3 Å². The minimum atomic E-state index is -0.0534. The van der Waals surface area contributed by atoms with Gasteiger partial charge in [-0.1, -0.05) is 12.1 Å². The van der Waals surface area contributed by atoms with Gasteiger partial charge in [-0.3, -0.25) is 0 Å². The van der Waals surface area contributed by atoms with E-state index in [2.05, 4.69) is 10.2 Å². The summed E-state index contributed by atoms with van der Waals surface area (Å²) in [6, 6.07) is 14.9. The molecule has 0 radical (unpaired) electrons. The van der Waals surface area contributed by atoms with E-state index in [9.17, 15) is 5.11 Å².